The Morgan fingerprint density at radius 2 is 1.95 bits per heavy atom. The molecule has 1 fully saturated rings. The number of nitrogens with zero attached hydrogens (tertiary/aromatic N) is 2. The molecule has 0 aromatic heterocycles. The van der Waals surface area contributed by atoms with Gasteiger partial charge in [-0.15, -0.1) is 0 Å². The maximum atomic E-state index is 10.2. The lowest BCUT2D eigenvalue weighted by Crippen LogP contribution is -2.44. The zero-order valence-electron chi connectivity index (χ0n) is 12.0. The zero-order valence-corrected chi connectivity index (χ0v) is 12.0. The van der Waals surface area contributed by atoms with Gasteiger partial charge < -0.3 is 20.6 Å². The Balaban J connectivity index is 1.83. The molecule has 0 spiro atoms. The number of aliphatic hydroxyl groups is 1. The number of benzene rings is 1. The fourth-order valence-corrected chi connectivity index (χ4v) is 2.41. The second-order valence-corrected chi connectivity index (χ2v) is 5.57. The maximum absolute atomic E-state index is 10.2. The lowest BCUT2D eigenvalue weighted by molar-refractivity contribution is 0.113. The Bertz CT molecular complexity index is 414. The molecule has 4 heteroatoms. The summed E-state index contributed by atoms with van der Waals surface area (Å²) in [6, 6.07) is 5.84. The summed E-state index contributed by atoms with van der Waals surface area (Å²) in [5.41, 5.74) is 8.64. The Kier molecular flexibility index (Phi) is 4.80. The molecule has 106 valence electrons. The number of piperazine rings is 1. The summed E-state index contributed by atoms with van der Waals surface area (Å²) >= 11 is 0. The standard InChI is InChI=1S/C15H25N3O/c1-12-3-4-13(11-14(12)16)15(19)5-6-18-9-7-17(2)8-10-18/h3-4,11,15,19H,5-10,16H2,1-2H3. The van der Waals surface area contributed by atoms with Crippen LogP contribution in [0.3, 0.4) is 0 Å². The fourth-order valence-electron chi connectivity index (χ4n) is 2.41. The summed E-state index contributed by atoms with van der Waals surface area (Å²) in [5.74, 6) is 0. The van der Waals surface area contributed by atoms with Gasteiger partial charge >= 0.3 is 0 Å². The molecule has 1 aliphatic rings. The zero-order chi connectivity index (χ0) is 13.8. The van der Waals surface area contributed by atoms with Crippen molar-refractivity contribution in [3.05, 3.63) is 29.3 Å². The van der Waals surface area contributed by atoms with E-state index in [-0.39, 0.29) is 0 Å². The average molecular weight is 263 g/mol. The second kappa shape index (κ2) is 6.37. The topological polar surface area (TPSA) is 52.7 Å². The first-order valence-corrected chi connectivity index (χ1v) is 7.01. The highest BCUT2D eigenvalue weighted by atomic mass is 16.3. The van der Waals surface area contributed by atoms with Gasteiger partial charge in [-0.1, -0.05) is 12.1 Å². The molecule has 3 N–H and O–H groups in total. The van der Waals surface area contributed by atoms with Crippen molar-refractivity contribution >= 4 is 5.69 Å². The Morgan fingerprint density at radius 3 is 2.58 bits per heavy atom. The SMILES string of the molecule is Cc1ccc(C(O)CCN2CCN(C)CC2)cc1N. The fraction of sp³-hybridized carbons (Fsp3) is 0.600. The largest absolute Gasteiger partial charge is 0.399 e. The molecule has 1 aromatic rings. The Morgan fingerprint density at radius 1 is 1.26 bits per heavy atom. The number of aliphatic hydroxyl groups excluding tert-OH is 1. The van der Waals surface area contributed by atoms with Gasteiger partial charge in [0.15, 0.2) is 0 Å². The van der Waals surface area contributed by atoms with E-state index in [1.165, 1.54) is 0 Å². The summed E-state index contributed by atoms with van der Waals surface area (Å²) in [6.07, 6.45) is 0.356. The van der Waals surface area contributed by atoms with Crippen molar-refractivity contribution < 1.29 is 5.11 Å². The third-order valence-corrected chi connectivity index (χ3v) is 4.00. The van der Waals surface area contributed by atoms with E-state index in [4.69, 9.17) is 5.73 Å². The molecule has 0 saturated carbocycles. The van der Waals surface area contributed by atoms with Gasteiger partial charge in [0.1, 0.15) is 0 Å². The molecule has 1 aromatic carbocycles. The van der Waals surface area contributed by atoms with Gasteiger partial charge in [0.2, 0.25) is 0 Å². The number of hydrogen-bond acceptors (Lipinski definition) is 4. The van der Waals surface area contributed by atoms with Crippen molar-refractivity contribution in [3.8, 4) is 0 Å². The number of nitrogen functional groups attached to an aromatic ring is 1. The Labute approximate surface area is 115 Å². The summed E-state index contributed by atoms with van der Waals surface area (Å²) in [5, 5.41) is 10.2. The lowest BCUT2D eigenvalue weighted by Gasteiger charge is -2.32. The number of hydrogen-bond donors (Lipinski definition) is 2. The molecule has 1 saturated heterocycles. The summed E-state index contributed by atoms with van der Waals surface area (Å²) in [7, 11) is 2.15. The first-order valence-electron chi connectivity index (χ1n) is 7.01. The van der Waals surface area contributed by atoms with Gasteiger partial charge in [-0.3, -0.25) is 0 Å². The number of rotatable bonds is 4. The maximum Gasteiger partial charge on any atom is 0.0803 e. The molecular formula is C15H25N3O. The third kappa shape index (κ3) is 3.93. The van der Waals surface area contributed by atoms with Crippen LogP contribution in [0.5, 0.6) is 0 Å². The van der Waals surface area contributed by atoms with Crippen LogP contribution in [0.25, 0.3) is 0 Å². The van der Waals surface area contributed by atoms with Crippen LogP contribution >= 0.6 is 0 Å². The van der Waals surface area contributed by atoms with Crippen LogP contribution in [-0.2, 0) is 0 Å². The number of anilines is 1. The molecule has 4 nitrogen and oxygen atoms in total. The molecule has 0 aliphatic carbocycles. The van der Waals surface area contributed by atoms with Crippen LogP contribution in [0.1, 0.15) is 23.7 Å². The molecule has 19 heavy (non-hydrogen) atoms. The van der Waals surface area contributed by atoms with Gasteiger partial charge in [0.25, 0.3) is 0 Å². The van der Waals surface area contributed by atoms with Crippen LogP contribution in [0.4, 0.5) is 5.69 Å². The highest BCUT2D eigenvalue weighted by molar-refractivity contribution is 5.48. The molecule has 1 atom stereocenters. The van der Waals surface area contributed by atoms with E-state index in [2.05, 4.69) is 16.8 Å². The van der Waals surface area contributed by atoms with Crippen molar-refractivity contribution in [1.82, 2.24) is 9.80 Å². The van der Waals surface area contributed by atoms with Crippen molar-refractivity contribution in [3.63, 3.8) is 0 Å². The smallest absolute Gasteiger partial charge is 0.0803 e. The minimum absolute atomic E-state index is 0.414. The minimum atomic E-state index is -0.414. The van der Waals surface area contributed by atoms with Crippen LogP contribution in [0.15, 0.2) is 18.2 Å². The van der Waals surface area contributed by atoms with Crippen LogP contribution < -0.4 is 5.73 Å². The highest BCUT2D eigenvalue weighted by Crippen LogP contribution is 2.21. The van der Waals surface area contributed by atoms with Crippen LogP contribution in [0, 0.1) is 6.92 Å². The minimum Gasteiger partial charge on any atom is -0.399 e. The monoisotopic (exact) mass is 263 g/mol. The molecule has 0 radical (unpaired) electrons. The molecule has 1 heterocycles. The van der Waals surface area contributed by atoms with E-state index in [1.54, 1.807) is 0 Å². The van der Waals surface area contributed by atoms with E-state index in [0.717, 1.165) is 56.0 Å². The van der Waals surface area contributed by atoms with Gasteiger partial charge in [-0.2, -0.15) is 0 Å². The number of aryl methyl sites for hydroxylation is 1. The second-order valence-electron chi connectivity index (χ2n) is 5.57. The first kappa shape index (κ1) is 14.3. The molecule has 0 bridgehead atoms. The number of likely N-dealkylation sites (N-methyl/N-ethyl adjacent to an activating group) is 1. The van der Waals surface area contributed by atoms with Gasteiger partial charge in [-0.25, -0.2) is 0 Å². The summed E-state index contributed by atoms with van der Waals surface area (Å²) < 4.78 is 0. The summed E-state index contributed by atoms with van der Waals surface area (Å²) in [4.78, 5) is 4.76. The predicted octanol–water partition coefficient (Wildman–Crippen LogP) is 1.25. The molecule has 0 amide bonds. The quantitative estimate of drug-likeness (QED) is 0.803. The van der Waals surface area contributed by atoms with E-state index in [9.17, 15) is 5.11 Å². The van der Waals surface area contributed by atoms with Crippen molar-refractivity contribution in [2.24, 2.45) is 0 Å². The highest BCUT2D eigenvalue weighted by Gasteiger charge is 2.15. The van der Waals surface area contributed by atoms with E-state index < -0.39 is 6.10 Å². The van der Waals surface area contributed by atoms with E-state index in [0.29, 0.717) is 0 Å². The molecular weight excluding hydrogens is 238 g/mol. The van der Waals surface area contributed by atoms with Crippen molar-refractivity contribution in [2.45, 2.75) is 19.4 Å². The third-order valence-electron chi connectivity index (χ3n) is 4.00. The number of nitrogens with two attached hydrogens (primary N) is 1. The molecule has 1 aliphatic heterocycles. The van der Waals surface area contributed by atoms with Gasteiger partial charge in [0.05, 0.1) is 6.10 Å². The van der Waals surface area contributed by atoms with Crippen molar-refractivity contribution in [1.29, 1.82) is 0 Å². The van der Waals surface area contributed by atoms with E-state index >= 15 is 0 Å². The van der Waals surface area contributed by atoms with Crippen LogP contribution in [0.2, 0.25) is 0 Å². The first-order chi connectivity index (χ1) is 9.06. The average Bonchev–Trinajstić information content (AvgIpc) is 2.41. The molecule has 1 unspecified atom stereocenters. The lowest BCUT2D eigenvalue weighted by atomic mass is 10.0. The van der Waals surface area contributed by atoms with Gasteiger partial charge in [-0.05, 0) is 37.6 Å². The van der Waals surface area contributed by atoms with Crippen LogP contribution in [-0.4, -0.2) is 54.7 Å². The normalized spacial score (nSPS) is 19.5. The Hall–Kier alpha value is -1.10. The molecule has 2 rings (SSSR count). The van der Waals surface area contributed by atoms with Crippen molar-refractivity contribution in [2.75, 3.05) is 45.5 Å². The summed E-state index contributed by atoms with van der Waals surface area (Å²) in [6.45, 7) is 7.36. The predicted molar refractivity (Wildman–Crippen MR) is 79.1 cm³/mol. The van der Waals surface area contributed by atoms with Gasteiger partial charge in [0, 0.05) is 38.4 Å². The van der Waals surface area contributed by atoms with E-state index in [1.807, 2.05) is 25.1 Å².